The Labute approximate surface area is 218 Å². The third kappa shape index (κ3) is 8.52. The highest BCUT2D eigenvalue weighted by atomic mass is 79.9. The predicted octanol–water partition coefficient (Wildman–Crippen LogP) is 5.28. The second-order valence-electron chi connectivity index (χ2n) is 7.81. The molecule has 3 aromatic rings. The molecule has 0 aliphatic rings. The summed E-state index contributed by atoms with van der Waals surface area (Å²) in [5, 5.41) is 4.59. The first-order valence-corrected chi connectivity index (χ1v) is 12.6. The monoisotopic (exact) mass is 557 g/mol. The van der Waals surface area contributed by atoms with E-state index in [0.29, 0.717) is 28.1 Å². The lowest BCUT2D eigenvalue weighted by atomic mass is 10.1. The van der Waals surface area contributed by atoms with Crippen LogP contribution in [0.4, 0.5) is 0 Å². The number of carbonyl (C=O) groups is 2. The molecule has 0 fully saturated rings. The fourth-order valence-electron chi connectivity index (χ4n) is 3.25. The Morgan fingerprint density at radius 2 is 1.71 bits per heavy atom. The summed E-state index contributed by atoms with van der Waals surface area (Å²) in [7, 11) is 0. The molecule has 0 aromatic heterocycles. The standard InChI is InChI=1S/C26H28BrN3O4S/c1-2-3-4-7-14-33-23-13-11-20(16-22(23)27)25(32)28-26(35)30-29-24(31)17-34-21-12-10-18-8-5-6-9-19(18)15-21/h5-6,8-13,15-16H,2-4,7,14,17H2,1H3,(H,29,31)(H2,28,30,32,35). The minimum absolute atomic E-state index is 0.0403. The number of hydrogen-bond donors (Lipinski definition) is 3. The van der Waals surface area contributed by atoms with Gasteiger partial charge in [0.15, 0.2) is 11.7 Å². The molecular formula is C26H28BrN3O4S. The van der Waals surface area contributed by atoms with Crippen LogP contribution >= 0.6 is 28.1 Å². The molecule has 2 amide bonds. The number of benzene rings is 3. The van der Waals surface area contributed by atoms with Crippen LogP contribution in [0, 0.1) is 0 Å². The van der Waals surface area contributed by atoms with Crippen LogP contribution in [0.15, 0.2) is 65.1 Å². The first-order chi connectivity index (χ1) is 17.0. The Morgan fingerprint density at radius 3 is 2.49 bits per heavy atom. The van der Waals surface area contributed by atoms with Gasteiger partial charge in [0.1, 0.15) is 11.5 Å². The Bertz CT molecular complexity index is 1190. The Morgan fingerprint density at radius 1 is 0.914 bits per heavy atom. The van der Waals surface area contributed by atoms with Gasteiger partial charge in [-0.2, -0.15) is 0 Å². The van der Waals surface area contributed by atoms with E-state index in [4.69, 9.17) is 21.7 Å². The van der Waals surface area contributed by atoms with Crippen LogP contribution in [0.25, 0.3) is 10.8 Å². The third-order valence-electron chi connectivity index (χ3n) is 5.08. The van der Waals surface area contributed by atoms with Crippen LogP contribution in [-0.4, -0.2) is 30.1 Å². The van der Waals surface area contributed by atoms with Crippen molar-refractivity contribution < 1.29 is 19.1 Å². The summed E-state index contributed by atoms with van der Waals surface area (Å²) in [6.07, 6.45) is 4.48. The summed E-state index contributed by atoms with van der Waals surface area (Å²) in [5.41, 5.74) is 5.30. The van der Waals surface area contributed by atoms with Gasteiger partial charge in [-0.3, -0.25) is 25.8 Å². The molecule has 0 radical (unpaired) electrons. The maximum atomic E-state index is 12.5. The Kier molecular flexibility index (Phi) is 10.3. The number of hydrogen-bond acceptors (Lipinski definition) is 5. The molecule has 0 unspecified atom stereocenters. The first-order valence-electron chi connectivity index (χ1n) is 11.4. The molecule has 0 aliphatic carbocycles. The van der Waals surface area contributed by atoms with Gasteiger partial charge in [0.25, 0.3) is 11.8 Å². The molecule has 0 heterocycles. The highest BCUT2D eigenvalue weighted by molar-refractivity contribution is 9.10. The molecule has 9 heteroatoms. The van der Waals surface area contributed by atoms with Gasteiger partial charge in [-0.25, -0.2) is 0 Å². The van der Waals surface area contributed by atoms with Crippen molar-refractivity contribution in [3.63, 3.8) is 0 Å². The predicted molar refractivity (Wildman–Crippen MR) is 145 cm³/mol. The van der Waals surface area contributed by atoms with Crippen molar-refractivity contribution in [1.82, 2.24) is 16.2 Å². The number of fused-ring (bicyclic) bond motifs is 1. The van der Waals surface area contributed by atoms with E-state index in [0.717, 1.165) is 23.6 Å². The van der Waals surface area contributed by atoms with E-state index in [9.17, 15) is 9.59 Å². The molecule has 3 aromatic carbocycles. The van der Waals surface area contributed by atoms with Gasteiger partial charge in [0.05, 0.1) is 11.1 Å². The van der Waals surface area contributed by atoms with E-state index >= 15 is 0 Å². The van der Waals surface area contributed by atoms with Crippen molar-refractivity contribution in [1.29, 1.82) is 0 Å². The number of nitrogens with one attached hydrogen (secondary N) is 3. The van der Waals surface area contributed by atoms with Gasteiger partial charge in [0.2, 0.25) is 0 Å². The van der Waals surface area contributed by atoms with Gasteiger partial charge in [-0.15, -0.1) is 0 Å². The number of hydrazine groups is 1. The fourth-order valence-corrected chi connectivity index (χ4v) is 3.88. The lowest BCUT2D eigenvalue weighted by molar-refractivity contribution is -0.123. The largest absolute Gasteiger partial charge is 0.492 e. The molecule has 0 saturated carbocycles. The molecule has 0 saturated heterocycles. The zero-order chi connectivity index (χ0) is 25.0. The number of rotatable bonds is 10. The van der Waals surface area contributed by atoms with E-state index in [1.165, 1.54) is 12.8 Å². The zero-order valence-electron chi connectivity index (χ0n) is 19.4. The third-order valence-corrected chi connectivity index (χ3v) is 5.91. The van der Waals surface area contributed by atoms with Gasteiger partial charge in [0, 0.05) is 5.56 Å². The number of halogens is 1. The number of thiocarbonyl (C=S) groups is 1. The van der Waals surface area contributed by atoms with Crippen molar-refractivity contribution in [2.45, 2.75) is 32.6 Å². The molecule has 0 spiro atoms. The lowest BCUT2D eigenvalue weighted by Gasteiger charge is -2.13. The molecule has 7 nitrogen and oxygen atoms in total. The molecule has 3 N–H and O–H groups in total. The van der Waals surface area contributed by atoms with E-state index in [1.54, 1.807) is 24.3 Å². The number of unbranched alkanes of at least 4 members (excludes halogenated alkanes) is 3. The van der Waals surface area contributed by atoms with Crippen molar-refractivity contribution in [2.75, 3.05) is 13.2 Å². The Balaban J connectivity index is 1.40. The average molecular weight is 558 g/mol. The zero-order valence-corrected chi connectivity index (χ0v) is 21.8. The van der Waals surface area contributed by atoms with Crippen LogP contribution in [0.5, 0.6) is 11.5 Å². The molecule has 3 rings (SSSR count). The molecule has 0 aliphatic heterocycles. The second kappa shape index (κ2) is 13.7. The summed E-state index contributed by atoms with van der Waals surface area (Å²) in [6, 6.07) is 18.5. The number of amides is 2. The molecule has 0 bridgehead atoms. The van der Waals surface area contributed by atoms with E-state index in [-0.39, 0.29) is 11.7 Å². The summed E-state index contributed by atoms with van der Waals surface area (Å²) in [6.45, 7) is 2.58. The topological polar surface area (TPSA) is 88.7 Å². The van der Waals surface area contributed by atoms with Gasteiger partial charge >= 0.3 is 0 Å². The van der Waals surface area contributed by atoms with Gasteiger partial charge < -0.3 is 9.47 Å². The minimum atomic E-state index is -0.446. The lowest BCUT2D eigenvalue weighted by Crippen LogP contribution is -2.49. The molecule has 0 atom stereocenters. The van der Waals surface area contributed by atoms with Crippen LogP contribution in [0.2, 0.25) is 0 Å². The Hall–Kier alpha value is -3.17. The highest BCUT2D eigenvalue weighted by Crippen LogP contribution is 2.26. The maximum Gasteiger partial charge on any atom is 0.276 e. The summed E-state index contributed by atoms with van der Waals surface area (Å²) >= 11 is 8.53. The van der Waals surface area contributed by atoms with Crippen LogP contribution in [0.1, 0.15) is 43.0 Å². The molecule has 35 heavy (non-hydrogen) atoms. The van der Waals surface area contributed by atoms with Crippen LogP contribution in [-0.2, 0) is 4.79 Å². The summed E-state index contributed by atoms with van der Waals surface area (Å²) in [5.74, 6) is 0.392. The fraction of sp³-hybridized carbons (Fsp3) is 0.269. The quantitative estimate of drug-likeness (QED) is 0.178. The molecular weight excluding hydrogens is 530 g/mol. The average Bonchev–Trinajstić information content (AvgIpc) is 2.86. The van der Waals surface area contributed by atoms with Crippen molar-refractivity contribution in [3.8, 4) is 11.5 Å². The smallest absolute Gasteiger partial charge is 0.276 e. The normalized spacial score (nSPS) is 10.5. The van der Waals surface area contributed by atoms with Gasteiger partial charge in [-0.1, -0.05) is 56.5 Å². The summed E-state index contributed by atoms with van der Waals surface area (Å²) < 4.78 is 12.0. The van der Waals surface area contributed by atoms with Crippen molar-refractivity contribution >= 4 is 55.8 Å². The maximum absolute atomic E-state index is 12.5. The number of ether oxygens (including phenoxy) is 2. The number of carbonyl (C=O) groups excluding carboxylic acids is 2. The summed E-state index contributed by atoms with van der Waals surface area (Å²) in [4.78, 5) is 24.6. The van der Waals surface area contributed by atoms with Crippen LogP contribution < -0.4 is 25.6 Å². The van der Waals surface area contributed by atoms with E-state index in [1.807, 2.05) is 36.4 Å². The second-order valence-corrected chi connectivity index (χ2v) is 9.07. The van der Waals surface area contributed by atoms with Crippen LogP contribution in [0.3, 0.4) is 0 Å². The first kappa shape index (κ1) is 26.4. The minimum Gasteiger partial charge on any atom is -0.492 e. The highest BCUT2D eigenvalue weighted by Gasteiger charge is 2.12. The SMILES string of the molecule is CCCCCCOc1ccc(C(=O)NC(=S)NNC(=O)COc2ccc3ccccc3c2)cc1Br. The van der Waals surface area contributed by atoms with E-state index < -0.39 is 11.8 Å². The van der Waals surface area contributed by atoms with E-state index in [2.05, 4.69) is 39.0 Å². The van der Waals surface area contributed by atoms with Crippen molar-refractivity contribution in [2.24, 2.45) is 0 Å². The van der Waals surface area contributed by atoms with Crippen molar-refractivity contribution in [3.05, 3.63) is 70.7 Å². The van der Waals surface area contributed by atoms with Gasteiger partial charge in [-0.05, 0) is 75.7 Å². The molecule has 184 valence electrons.